The third kappa shape index (κ3) is 2.44. The quantitative estimate of drug-likeness (QED) is 0.803. The lowest BCUT2D eigenvalue weighted by Gasteiger charge is -2.05. The van der Waals surface area contributed by atoms with E-state index in [1.807, 2.05) is 30.3 Å². The van der Waals surface area contributed by atoms with E-state index in [-0.39, 0.29) is 11.3 Å². The number of carboxylic acid groups (broad SMARTS) is 1. The highest BCUT2D eigenvalue weighted by Crippen LogP contribution is 2.25. The fraction of sp³-hybridized carbons (Fsp3) is 0. The zero-order chi connectivity index (χ0) is 13.0. The van der Waals surface area contributed by atoms with Gasteiger partial charge in [-0.15, -0.1) is 0 Å². The molecule has 0 unspecified atom stereocenters. The Morgan fingerprint density at radius 2 is 1.83 bits per heavy atom. The maximum atomic E-state index is 11.0. The zero-order valence-electron chi connectivity index (χ0n) is 9.37. The molecule has 0 atom stereocenters. The maximum Gasteiger partial charge on any atom is 0.399 e. The van der Waals surface area contributed by atoms with Gasteiger partial charge in [-0.3, -0.25) is 0 Å². The summed E-state index contributed by atoms with van der Waals surface area (Å²) in [6, 6.07) is 13.9. The van der Waals surface area contributed by atoms with Crippen molar-refractivity contribution >= 4 is 23.0 Å². The molecule has 0 saturated heterocycles. The van der Waals surface area contributed by atoms with Crippen molar-refractivity contribution in [2.45, 2.75) is 0 Å². The predicted octanol–water partition coefficient (Wildman–Crippen LogP) is 3.61. The minimum absolute atomic E-state index is 0.0288. The van der Waals surface area contributed by atoms with E-state index < -0.39 is 5.97 Å². The second kappa shape index (κ2) is 4.97. The lowest BCUT2D eigenvalue weighted by molar-refractivity contribution is 0.0698. The van der Waals surface area contributed by atoms with Crippen molar-refractivity contribution in [2.75, 3.05) is 5.32 Å². The first kappa shape index (κ1) is 11.6. The third-order valence-electron chi connectivity index (χ3n) is 2.40. The van der Waals surface area contributed by atoms with E-state index in [1.54, 1.807) is 6.07 Å². The van der Waals surface area contributed by atoms with Crippen molar-refractivity contribution in [3.05, 3.63) is 59.1 Å². The van der Waals surface area contributed by atoms with E-state index in [9.17, 15) is 4.79 Å². The standard InChI is InChI=1S/C13H9N3O2/c14-16-12-7-6-10(8-11(12)13(17)18)15-9-4-2-1-3-5-9/h1-8,15H/p+1. The Morgan fingerprint density at radius 1 is 1.11 bits per heavy atom. The highest BCUT2D eigenvalue weighted by Gasteiger charge is 2.20. The second-order valence-electron chi connectivity index (χ2n) is 3.63. The van der Waals surface area contributed by atoms with E-state index in [0.717, 1.165) is 5.69 Å². The van der Waals surface area contributed by atoms with Gasteiger partial charge in [0.2, 0.25) is 5.39 Å². The van der Waals surface area contributed by atoms with Crippen LogP contribution in [0.15, 0.2) is 48.5 Å². The molecule has 88 valence electrons. The molecular weight excluding hydrogens is 230 g/mol. The lowest BCUT2D eigenvalue weighted by atomic mass is 10.1. The van der Waals surface area contributed by atoms with Crippen LogP contribution >= 0.6 is 0 Å². The van der Waals surface area contributed by atoms with Crippen LogP contribution in [-0.2, 0) is 0 Å². The van der Waals surface area contributed by atoms with E-state index in [2.05, 4.69) is 10.3 Å². The molecule has 0 saturated carbocycles. The van der Waals surface area contributed by atoms with E-state index in [0.29, 0.717) is 5.69 Å². The normalized spacial score (nSPS) is 9.50. The van der Waals surface area contributed by atoms with E-state index in [4.69, 9.17) is 10.5 Å². The molecule has 0 heterocycles. The summed E-state index contributed by atoms with van der Waals surface area (Å²) in [5, 5.41) is 20.7. The third-order valence-corrected chi connectivity index (χ3v) is 2.40. The van der Waals surface area contributed by atoms with Crippen LogP contribution in [0.4, 0.5) is 17.1 Å². The largest absolute Gasteiger partial charge is 0.477 e. The van der Waals surface area contributed by atoms with E-state index >= 15 is 0 Å². The van der Waals surface area contributed by atoms with Crippen molar-refractivity contribution < 1.29 is 9.90 Å². The first-order chi connectivity index (χ1) is 8.70. The van der Waals surface area contributed by atoms with Gasteiger partial charge in [0.15, 0.2) is 10.5 Å². The van der Waals surface area contributed by atoms with Crippen LogP contribution in [-0.4, -0.2) is 11.1 Å². The summed E-state index contributed by atoms with van der Waals surface area (Å²) in [4.78, 5) is 13.9. The summed E-state index contributed by atoms with van der Waals surface area (Å²) >= 11 is 0. The number of nitrogens with one attached hydrogen (secondary N) is 1. The van der Waals surface area contributed by atoms with Crippen LogP contribution in [0.5, 0.6) is 0 Å². The zero-order valence-corrected chi connectivity index (χ0v) is 9.37. The number of carboxylic acids is 1. The minimum Gasteiger partial charge on any atom is -0.477 e. The number of carbonyl (C=O) groups is 1. The average molecular weight is 240 g/mol. The summed E-state index contributed by atoms with van der Waals surface area (Å²) in [5.74, 6) is -1.14. The molecule has 18 heavy (non-hydrogen) atoms. The predicted molar refractivity (Wildman–Crippen MR) is 67.9 cm³/mol. The van der Waals surface area contributed by atoms with Crippen molar-refractivity contribution in [1.82, 2.24) is 0 Å². The molecule has 2 rings (SSSR count). The Labute approximate surface area is 103 Å². The number of anilines is 2. The molecule has 0 aliphatic rings. The summed E-state index contributed by atoms with van der Waals surface area (Å²) in [6.45, 7) is 0. The van der Waals surface area contributed by atoms with Gasteiger partial charge in [-0.25, -0.2) is 4.79 Å². The van der Waals surface area contributed by atoms with Crippen molar-refractivity contribution in [2.24, 2.45) is 0 Å². The molecule has 0 aromatic heterocycles. The van der Waals surface area contributed by atoms with E-state index in [1.165, 1.54) is 12.1 Å². The summed E-state index contributed by atoms with van der Waals surface area (Å²) in [5.41, 5.74) is 1.44. The smallest absolute Gasteiger partial charge is 0.399 e. The Bertz CT molecular complexity index is 618. The van der Waals surface area contributed by atoms with Gasteiger partial charge in [-0.05, 0) is 24.3 Å². The average Bonchev–Trinajstić information content (AvgIpc) is 2.40. The molecular formula is C13H10N3O2+. The minimum atomic E-state index is -1.14. The fourth-order valence-electron chi connectivity index (χ4n) is 1.56. The number of rotatable bonds is 3. The molecule has 0 bridgehead atoms. The van der Waals surface area contributed by atoms with Crippen molar-refractivity contribution in [3.8, 4) is 0 Å². The Morgan fingerprint density at radius 3 is 2.44 bits per heavy atom. The number of diazo groups is 1. The summed E-state index contributed by atoms with van der Waals surface area (Å²) in [6.07, 6.45) is 0. The van der Waals surface area contributed by atoms with Gasteiger partial charge in [-0.2, -0.15) is 0 Å². The molecule has 0 amide bonds. The van der Waals surface area contributed by atoms with Gasteiger partial charge < -0.3 is 10.4 Å². The van der Waals surface area contributed by atoms with Crippen molar-refractivity contribution in [1.29, 1.82) is 5.39 Å². The Hall–Kier alpha value is -2.87. The van der Waals surface area contributed by atoms with Crippen LogP contribution in [0.1, 0.15) is 10.4 Å². The molecule has 2 aromatic rings. The molecule has 2 N–H and O–H groups in total. The van der Waals surface area contributed by atoms with Crippen LogP contribution in [0.3, 0.4) is 0 Å². The van der Waals surface area contributed by atoms with Crippen molar-refractivity contribution in [3.63, 3.8) is 0 Å². The monoisotopic (exact) mass is 240 g/mol. The number of aromatic carboxylic acids is 1. The lowest BCUT2D eigenvalue weighted by Crippen LogP contribution is -1.98. The highest BCUT2D eigenvalue weighted by atomic mass is 16.4. The number of nitrogens with zero attached hydrogens (tertiary/aromatic N) is 2. The Kier molecular flexibility index (Phi) is 3.21. The second-order valence-corrected chi connectivity index (χ2v) is 3.63. The van der Waals surface area contributed by atoms with Crippen LogP contribution < -0.4 is 5.32 Å². The maximum absolute atomic E-state index is 11.0. The van der Waals surface area contributed by atoms with Gasteiger partial charge in [0.25, 0.3) is 0 Å². The number of hydrogen-bond acceptors (Lipinski definition) is 3. The number of hydrogen-bond donors (Lipinski definition) is 2. The van der Waals surface area contributed by atoms with Gasteiger partial charge in [0.05, 0.1) is 0 Å². The Balaban J connectivity index is 2.34. The molecule has 0 aliphatic carbocycles. The first-order valence-electron chi connectivity index (χ1n) is 5.25. The fourth-order valence-corrected chi connectivity index (χ4v) is 1.56. The summed E-state index contributed by atoms with van der Waals surface area (Å²) < 4.78 is 0. The number of benzene rings is 2. The summed E-state index contributed by atoms with van der Waals surface area (Å²) in [7, 11) is 0. The number of para-hydroxylation sites is 1. The molecule has 5 nitrogen and oxygen atoms in total. The molecule has 0 fully saturated rings. The molecule has 2 aromatic carbocycles. The van der Waals surface area contributed by atoms with Crippen LogP contribution in [0.2, 0.25) is 0 Å². The van der Waals surface area contributed by atoms with Crippen LogP contribution in [0.25, 0.3) is 4.98 Å². The molecule has 0 radical (unpaired) electrons. The van der Waals surface area contributed by atoms with Gasteiger partial charge in [0, 0.05) is 17.4 Å². The molecule has 0 spiro atoms. The topological polar surface area (TPSA) is 77.5 Å². The van der Waals surface area contributed by atoms with Gasteiger partial charge in [0.1, 0.15) is 0 Å². The highest BCUT2D eigenvalue weighted by molar-refractivity contribution is 5.95. The SMILES string of the molecule is N#[N+]c1ccc(Nc2ccccc2)cc1C(=O)O. The van der Waals surface area contributed by atoms with Gasteiger partial charge in [-0.1, -0.05) is 18.2 Å². The first-order valence-corrected chi connectivity index (χ1v) is 5.25. The molecule has 5 heteroatoms. The molecule has 0 aliphatic heterocycles. The van der Waals surface area contributed by atoms with Gasteiger partial charge >= 0.3 is 11.7 Å². The van der Waals surface area contributed by atoms with Crippen LogP contribution in [0, 0.1) is 5.39 Å².